The number of carboxylic acids is 1. The van der Waals surface area contributed by atoms with Crippen molar-refractivity contribution < 1.29 is 28.5 Å². The van der Waals surface area contributed by atoms with Gasteiger partial charge in [0.2, 0.25) is 0 Å². The molecule has 1 fully saturated rings. The maximum absolute atomic E-state index is 15.0. The smallest absolute Gasteiger partial charge is 0.303 e. The molecule has 6 heteroatoms. The van der Waals surface area contributed by atoms with Gasteiger partial charge in [0, 0.05) is 12.7 Å². The second-order valence-corrected chi connectivity index (χ2v) is 11.2. The lowest BCUT2D eigenvalue weighted by molar-refractivity contribution is -0.137. The van der Waals surface area contributed by atoms with Crippen LogP contribution in [0.25, 0.3) is 11.1 Å². The van der Waals surface area contributed by atoms with Gasteiger partial charge in [-0.3, -0.25) is 4.79 Å². The molecule has 2 atom stereocenters. The molecule has 1 saturated carbocycles. The molecule has 0 aromatic heterocycles. The molecule has 0 saturated heterocycles. The summed E-state index contributed by atoms with van der Waals surface area (Å²) in [6, 6.07) is 18.4. The Kier molecular flexibility index (Phi) is 8.41. The molecule has 0 aliphatic heterocycles. The number of halogens is 1. The Balaban J connectivity index is 1.64. The molecular weight excluding hydrogens is 483 g/mol. The highest BCUT2D eigenvalue weighted by Crippen LogP contribution is 2.45. The summed E-state index contributed by atoms with van der Waals surface area (Å²) in [5.41, 5.74) is 3.76. The minimum absolute atomic E-state index is 0.00828. The topological polar surface area (TPSA) is 65.0 Å². The van der Waals surface area contributed by atoms with E-state index in [0.717, 1.165) is 35.1 Å². The van der Waals surface area contributed by atoms with Gasteiger partial charge < -0.3 is 19.3 Å². The zero-order valence-corrected chi connectivity index (χ0v) is 22.8. The fourth-order valence-corrected chi connectivity index (χ4v) is 5.19. The first-order valence-electron chi connectivity index (χ1n) is 13.0. The molecule has 4 rings (SSSR count). The van der Waals surface area contributed by atoms with E-state index in [9.17, 15) is 14.3 Å². The first-order chi connectivity index (χ1) is 18.1. The average Bonchev–Trinajstić information content (AvgIpc) is 3.72. The largest absolute Gasteiger partial charge is 0.497 e. The highest BCUT2D eigenvalue weighted by Gasteiger charge is 2.34. The normalized spacial score (nSPS) is 15.1. The van der Waals surface area contributed by atoms with Crippen LogP contribution < -0.4 is 9.47 Å². The fraction of sp³-hybridized carbons (Fsp3) is 0.406. The van der Waals surface area contributed by atoms with Crippen molar-refractivity contribution in [3.8, 4) is 22.6 Å². The van der Waals surface area contributed by atoms with Gasteiger partial charge in [0.25, 0.3) is 0 Å². The summed E-state index contributed by atoms with van der Waals surface area (Å²) in [6.07, 6.45) is 1.98. The predicted molar refractivity (Wildman–Crippen MR) is 146 cm³/mol. The molecule has 0 amide bonds. The SMILES string of the molecule is COc1ccc(F)c(-c2ccc(COc3cccc([C@H](CC(=O)O)C4CC4)c3)cc2[C@@H](OC)C(C)(C)C)c1. The summed E-state index contributed by atoms with van der Waals surface area (Å²) in [4.78, 5) is 11.4. The summed E-state index contributed by atoms with van der Waals surface area (Å²) < 4.78 is 32.4. The predicted octanol–water partition coefficient (Wildman–Crippen LogP) is 7.78. The van der Waals surface area contributed by atoms with Crippen LogP contribution in [0.5, 0.6) is 11.5 Å². The number of ether oxygens (including phenoxy) is 3. The Hall–Kier alpha value is -3.38. The Morgan fingerprint density at radius 3 is 2.39 bits per heavy atom. The first kappa shape index (κ1) is 27.6. The third-order valence-corrected chi connectivity index (χ3v) is 7.16. The minimum atomic E-state index is -0.778. The van der Waals surface area contributed by atoms with Gasteiger partial charge in [-0.15, -0.1) is 0 Å². The maximum atomic E-state index is 15.0. The third kappa shape index (κ3) is 6.54. The molecule has 0 unspecified atom stereocenters. The monoisotopic (exact) mass is 520 g/mol. The van der Waals surface area contributed by atoms with Gasteiger partial charge in [0.05, 0.1) is 19.6 Å². The third-order valence-electron chi connectivity index (χ3n) is 7.16. The summed E-state index contributed by atoms with van der Waals surface area (Å²) in [6.45, 7) is 6.59. The standard InChI is InChI=1S/C32H37FO5/c1-32(2,3)31(37-5)28-15-20(9-13-25(28)27-17-23(36-4)12-14-29(27)33)19-38-24-8-6-7-22(16-24)26(18-30(34)35)21-10-11-21/h6-9,12-17,21,26,31H,10-11,18-19H2,1-5H3,(H,34,35)/t26-,31-/m1/s1. The number of carboxylic acid groups (broad SMARTS) is 1. The van der Waals surface area contributed by atoms with Crippen LogP contribution in [-0.4, -0.2) is 25.3 Å². The van der Waals surface area contributed by atoms with Gasteiger partial charge in [0.1, 0.15) is 23.9 Å². The Morgan fingerprint density at radius 2 is 1.76 bits per heavy atom. The molecule has 0 bridgehead atoms. The fourth-order valence-electron chi connectivity index (χ4n) is 5.19. The summed E-state index contributed by atoms with van der Waals surface area (Å²) in [5, 5.41) is 9.37. The first-order valence-corrected chi connectivity index (χ1v) is 13.0. The zero-order chi connectivity index (χ0) is 27.4. The van der Waals surface area contributed by atoms with Gasteiger partial charge in [-0.1, -0.05) is 45.0 Å². The van der Waals surface area contributed by atoms with E-state index in [1.165, 1.54) is 6.07 Å². The Morgan fingerprint density at radius 1 is 1.00 bits per heavy atom. The molecule has 202 valence electrons. The molecule has 0 spiro atoms. The molecule has 1 aliphatic rings. The zero-order valence-electron chi connectivity index (χ0n) is 22.8. The van der Waals surface area contributed by atoms with Gasteiger partial charge >= 0.3 is 5.97 Å². The highest BCUT2D eigenvalue weighted by atomic mass is 19.1. The number of benzene rings is 3. The molecule has 1 aliphatic carbocycles. The van der Waals surface area contributed by atoms with Crippen LogP contribution in [0.15, 0.2) is 60.7 Å². The van der Waals surface area contributed by atoms with Gasteiger partial charge in [-0.05, 0) is 88.7 Å². The molecular formula is C32H37FO5. The summed E-state index contributed by atoms with van der Waals surface area (Å²) in [5.74, 6) is 0.604. The quantitative estimate of drug-likeness (QED) is 0.280. The van der Waals surface area contributed by atoms with Crippen LogP contribution in [0.1, 0.15) is 68.7 Å². The highest BCUT2D eigenvalue weighted by molar-refractivity contribution is 5.71. The molecule has 3 aromatic carbocycles. The number of methoxy groups -OCH3 is 2. The molecule has 0 heterocycles. The number of hydrogen-bond donors (Lipinski definition) is 1. The van der Waals surface area contributed by atoms with Crippen molar-refractivity contribution in [2.75, 3.05) is 14.2 Å². The van der Waals surface area contributed by atoms with Crippen LogP contribution in [0.4, 0.5) is 4.39 Å². The number of rotatable bonds is 11. The van der Waals surface area contributed by atoms with E-state index < -0.39 is 5.97 Å². The van der Waals surface area contributed by atoms with Crippen LogP contribution >= 0.6 is 0 Å². The summed E-state index contributed by atoms with van der Waals surface area (Å²) >= 11 is 0. The van der Waals surface area contributed by atoms with E-state index in [2.05, 4.69) is 20.8 Å². The van der Waals surface area contributed by atoms with Crippen LogP contribution in [-0.2, 0) is 16.1 Å². The summed E-state index contributed by atoms with van der Waals surface area (Å²) in [7, 11) is 3.23. The van der Waals surface area contributed by atoms with Crippen molar-refractivity contribution in [1.29, 1.82) is 0 Å². The van der Waals surface area contributed by atoms with Crippen LogP contribution in [0, 0.1) is 17.2 Å². The lowest BCUT2D eigenvalue weighted by atomic mass is 9.81. The number of aliphatic carboxylic acids is 1. The van der Waals surface area contributed by atoms with E-state index in [0.29, 0.717) is 29.6 Å². The molecule has 38 heavy (non-hydrogen) atoms. The lowest BCUT2D eigenvalue weighted by Gasteiger charge is -2.32. The van der Waals surface area contributed by atoms with Crippen LogP contribution in [0.3, 0.4) is 0 Å². The van der Waals surface area contributed by atoms with Crippen molar-refractivity contribution >= 4 is 5.97 Å². The maximum Gasteiger partial charge on any atom is 0.303 e. The van der Waals surface area contributed by atoms with E-state index in [4.69, 9.17) is 14.2 Å². The Bertz CT molecular complexity index is 1280. The van der Waals surface area contributed by atoms with Gasteiger partial charge in [0.15, 0.2) is 0 Å². The van der Waals surface area contributed by atoms with Crippen molar-refractivity contribution in [3.63, 3.8) is 0 Å². The molecule has 0 radical (unpaired) electrons. The van der Waals surface area contributed by atoms with Crippen molar-refractivity contribution in [1.82, 2.24) is 0 Å². The molecule has 1 N–H and O–H groups in total. The van der Waals surface area contributed by atoms with Gasteiger partial charge in [-0.2, -0.15) is 0 Å². The van der Waals surface area contributed by atoms with E-state index in [1.807, 2.05) is 42.5 Å². The Labute approximate surface area is 224 Å². The minimum Gasteiger partial charge on any atom is -0.497 e. The van der Waals surface area contributed by atoms with Crippen molar-refractivity contribution in [2.45, 2.75) is 58.7 Å². The van der Waals surface area contributed by atoms with E-state index in [-0.39, 0.29) is 29.7 Å². The second-order valence-electron chi connectivity index (χ2n) is 11.2. The van der Waals surface area contributed by atoms with Crippen molar-refractivity contribution in [3.05, 3.63) is 83.2 Å². The van der Waals surface area contributed by atoms with Crippen molar-refractivity contribution in [2.24, 2.45) is 11.3 Å². The average molecular weight is 521 g/mol. The lowest BCUT2D eigenvalue weighted by Crippen LogP contribution is -2.21. The number of hydrogen-bond acceptors (Lipinski definition) is 4. The van der Waals surface area contributed by atoms with Gasteiger partial charge in [-0.25, -0.2) is 4.39 Å². The molecule has 5 nitrogen and oxygen atoms in total. The second kappa shape index (κ2) is 11.6. The van der Waals surface area contributed by atoms with E-state index in [1.54, 1.807) is 26.4 Å². The van der Waals surface area contributed by atoms with E-state index >= 15 is 0 Å². The molecule has 3 aromatic rings. The van der Waals surface area contributed by atoms with Crippen LogP contribution in [0.2, 0.25) is 0 Å². The number of carbonyl (C=O) groups is 1.